The molecule has 0 aliphatic carbocycles. The fourth-order valence-corrected chi connectivity index (χ4v) is 2.47. The molecule has 1 rings (SSSR count). The Kier molecular flexibility index (Phi) is 6.95. The lowest BCUT2D eigenvalue weighted by molar-refractivity contribution is 0.140. The standard InChI is InChI=1S/C18H31NO2.ClH/c1-8-14(20)15(19)11-9-12(17(2,3)4)16(21)13(10-11)18(5,6)7;/h9-10,14-15,20-21H,8,19H2,1-7H3;1H/t14-,15+;/m0./s1. The maximum absolute atomic E-state index is 10.7. The largest absolute Gasteiger partial charge is 0.507 e. The molecule has 2 atom stereocenters. The highest BCUT2D eigenvalue weighted by molar-refractivity contribution is 5.85. The molecule has 4 heteroatoms. The molecule has 4 N–H and O–H groups in total. The van der Waals surface area contributed by atoms with Gasteiger partial charge in [0.15, 0.2) is 0 Å². The fourth-order valence-electron chi connectivity index (χ4n) is 2.47. The molecule has 0 aliphatic rings. The molecule has 3 nitrogen and oxygen atoms in total. The number of rotatable bonds is 3. The Morgan fingerprint density at radius 3 is 1.64 bits per heavy atom. The van der Waals surface area contributed by atoms with Crippen molar-refractivity contribution < 1.29 is 10.2 Å². The SMILES string of the molecule is CC[C@H](O)[C@H](N)c1cc(C(C)(C)C)c(O)c(C(C)(C)C)c1.Cl. The predicted octanol–water partition coefficient (Wildman–Crippen LogP) is 4.18. The van der Waals surface area contributed by atoms with Gasteiger partial charge in [-0.15, -0.1) is 12.4 Å². The van der Waals surface area contributed by atoms with E-state index in [0.29, 0.717) is 12.2 Å². The second-order valence-corrected chi connectivity index (χ2v) is 7.97. The number of aromatic hydroxyl groups is 1. The molecule has 1 aromatic rings. The van der Waals surface area contributed by atoms with Gasteiger partial charge in [0.1, 0.15) is 5.75 Å². The Morgan fingerprint density at radius 1 is 1.00 bits per heavy atom. The van der Waals surface area contributed by atoms with Crippen molar-refractivity contribution in [3.05, 3.63) is 28.8 Å². The first-order valence-corrected chi connectivity index (χ1v) is 7.71. The normalized spacial score (nSPS) is 15.1. The van der Waals surface area contributed by atoms with Crippen molar-refractivity contribution in [2.24, 2.45) is 5.73 Å². The van der Waals surface area contributed by atoms with Crippen LogP contribution in [0.15, 0.2) is 12.1 Å². The molecule has 128 valence electrons. The molecule has 0 fully saturated rings. The number of halogens is 1. The topological polar surface area (TPSA) is 66.5 Å². The first-order chi connectivity index (χ1) is 9.39. The van der Waals surface area contributed by atoms with E-state index in [4.69, 9.17) is 5.73 Å². The smallest absolute Gasteiger partial charge is 0.123 e. The Labute approximate surface area is 141 Å². The highest BCUT2D eigenvalue weighted by Crippen LogP contribution is 2.41. The van der Waals surface area contributed by atoms with E-state index in [9.17, 15) is 10.2 Å². The van der Waals surface area contributed by atoms with E-state index in [1.165, 1.54) is 0 Å². The summed E-state index contributed by atoms with van der Waals surface area (Å²) in [5, 5.41) is 20.7. The van der Waals surface area contributed by atoms with Gasteiger partial charge in [0.2, 0.25) is 0 Å². The molecule has 0 spiro atoms. The Bertz CT molecular complexity index is 466. The quantitative estimate of drug-likeness (QED) is 0.779. The molecule has 0 unspecified atom stereocenters. The van der Waals surface area contributed by atoms with Crippen LogP contribution in [-0.4, -0.2) is 16.3 Å². The van der Waals surface area contributed by atoms with Crippen LogP contribution in [0.3, 0.4) is 0 Å². The zero-order valence-electron chi connectivity index (χ0n) is 14.9. The summed E-state index contributed by atoms with van der Waals surface area (Å²) in [6, 6.07) is 3.44. The third kappa shape index (κ3) is 4.61. The van der Waals surface area contributed by atoms with Crippen LogP contribution in [-0.2, 0) is 10.8 Å². The average Bonchev–Trinajstić information content (AvgIpc) is 2.34. The second-order valence-electron chi connectivity index (χ2n) is 7.97. The zero-order valence-corrected chi connectivity index (χ0v) is 15.7. The fraction of sp³-hybridized carbons (Fsp3) is 0.667. The third-order valence-electron chi connectivity index (χ3n) is 3.97. The van der Waals surface area contributed by atoms with Crippen LogP contribution in [0.25, 0.3) is 0 Å². The maximum atomic E-state index is 10.7. The van der Waals surface area contributed by atoms with Crippen LogP contribution < -0.4 is 5.73 Å². The number of aliphatic hydroxyl groups is 1. The van der Waals surface area contributed by atoms with Crippen molar-refractivity contribution in [3.63, 3.8) is 0 Å². The molecule has 0 amide bonds. The average molecular weight is 330 g/mol. The number of hydrogen-bond acceptors (Lipinski definition) is 3. The van der Waals surface area contributed by atoms with E-state index in [1.807, 2.05) is 19.1 Å². The van der Waals surface area contributed by atoms with Crippen molar-refractivity contribution >= 4 is 12.4 Å². The molecule has 0 heterocycles. The molecular formula is C18H32ClNO2. The Balaban J connectivity index is 0.00000441. The predicted molar refractivity (Wildman–Crippen MR) is 96.0 cm³/mol. The number of aliphatic hydroxyl groups excluding tert-OH is 1. The molecule has 1 aromatic carbocycles. The third-order valence-corrected chi connectivity index (χ3v) is 3.97. The minimum atomic E-state index is -0.574. The number of phenols is 1. The van der Waals surface area contributed by atoms with Gasteiger partial charge in [-0.05, 0) is 46.1 Å². The highest BCUT2D eigenvalue weighted by atomic mass is 35.5. The van der Waals surface area contributed by atoms with Crippen LogP contribution in [0, 0.1) is 0 Å². The van der Waals surface area contributed by atoms with Gasteiger partial charge in [0.25, 0.3) is 0 Å². The van der Waals surface area contributed by atoms with Gasteiger partial charge in [-0.1, -0.05) is 48.5 Å². The van der Waals surface area contributed by atoms with Crippen molar-refractivity contribution in [2.45, 2.75) is 77.9 Å². The summed E-state index contributed by atoms with van der Waals surface area (Å²) in [6.07, 6.45) is 0.0350. The summed E-state index contributed by atoms with van der Waals surface area (Å²) in [7, 11) is 0. The van der Waals surface area contributed by atoms with Gasteiger partial charge in [-0.25, -0.2) is 0 Å². The van der Waals surface area contributed by atoms with Crippen LogP contribution in [0.5, 0.6) is 5.75 Å². The van der Waals surface area contributed by atoms with E-state index in [1.54, 1.807) is 0 Å². The van der Waals surface area contributed by atoms with Gasteiger partial charge in [-0.3, -0.25) is 0 Å². The summed E-state index contributed by atoms with van der Waals surface area (Å²) in [5.74, 6) is 0.344. The van der Waals surface area contributed by atoms with E-state index in [2.05, 4.69) is 41.5 Å². The molecule has 0 bridgehead atoms. The summed E-state index contributed by atoms with van der Waals surface area (Å²) in [4.78, 5) is 0. The van der Waals surface area contributed by atoms with Crippen molar-refractivity contribution in [1.82, 2.24) is 0 Å². The zero-order chi connectivity index (χ0) is 16.6. The molecular weight excluding hydrogens is 298 g/mol. The number of phenolic OH excluding ortho intramolecular Hbond substituents is 1. The number of nitrogens with two attached hydrogens (primary N) is 1. The minimum Gasteiger partial charge on any atom is -0.507 e. The van der Waals surface area contributed by atoms with Gasteiger partial charge in [-0.2, -0.15) is 0 Å². The number of benzene rings is 1. The highest BCUT2D eigenvalue weighted by Gasteiger charge is 2.28. The minimum absolute atomic E-state index is 0. The van der Waals surface area contributed by atoms with E-state index < -0.39 is 12.1 Å². The Morgan fingerprint density at radius 2 is 1.36 bits per heavy atom. The van der Waals surface area contributed by atoms with Gasteiger partial charge < -0.3 is 15.9 Å². The summed E-state index contributed by atoms with van der Waals surface area (Å²) >= 11 is 0. The summed E-state index contributed by atoms with van der Waals surface area (Å²) in [6.45, 7) is 14.3. The first-order valence-electron chi connectivity index (χ1n) is 7.71. The van der Waals surface area contributed by atoms with Crippen molar-refractivity contribution in [2.75, 3.05) is 0 Å². The van der Waals surface area contributed by atoms with Crippen molar-refractivity contribution in [1.29, 1.82) is 0 Å². The van der Waals surface area contributed by atoms with E-state index >= 15 is 0 Å². The second kappa shape index (κ2) is 7.20. The lowest BCUT2D eigenvalue weighted by Crippen LogP contribution is -2.27. The van der Waals surface area contributed by atoms with Gasteiger partial charge >= 0.3 is 0 Å². The molecule has 0 aromatic heterocycles. The van der Waals surface area contributed by atoms with Crippen LogP contribution in [0.1, 0.15) is 77.6 Å². The van der Waals surface area contributed by atoms with E-state index in [0.717, 1.165) is 16.7 Å². The molecule has 0 saturated carbocycles. The van der Waals surface area contributed by atoms with Gasteiger partial charge in [0.05, 0.1) is 12.1 Å². The van der Waals surface area contributed by atoms with Gasteiger partial charge in [0, 0.05) is 0 Å². The lowest BCUT2D eigenvalue weighted by Gasteiger charge is -2.30. The molecule has 22 heavy (non-hydrogen) atoms. The summed E-state index contributed by atoms with van der Waals surface area (Å²) in [5.41, 5.74) is 8.47. The first kappa shape index (κ1) is 21.2. The summed E-state index contributed by atoms with van der Waals surface area (Å²) < 4.78 is 0. The Hall–Kier alpha value is -0.770. The maximum Gasteiger partial charge on any atom is 0.123 e. The monoisotopic (exact) mass is 329 g/mol. The van der Waals surface area contributed by atoms with Crippen molar-refractivity contribution in [3.8, 4) is 5.75 Å². The van der Waals surface area contributed by atoms with Crippen LogP contribution in [0.2, 0.25) is 0 Å². The molecule has 0 aliphatic heterocycles. The van der Waals surface area contributed by atoms with Crippen LogP contribution in [0.4, 0.5) is 0 Å². The van der Waals surface area contributed by atoms with Crippen LogP contribution >= 0.6 is 12.4 Å². The number of hydrogen-bond donors (Lipinski definition) is 3. The molecule has 0 radical (unpaired) electrons. The lowest BCUT2D eigenvalue weighted by atomic mass is 9.77. The molecule has 0 saturated heterocycles. The van der Waals surface area contributed by atoms with E-state index in [-0.39, 0.29) is 23.2 Å².